The Hall–Kier alpha value is -2.05. The maximum atomic E-state index is 13.3. The average Bonchev–Trinajstić information content (AvgIpc) is 2.56. The number of hydrogen-bond acceptors (Lipinski definition) is 3. The van der Waals surface area contributed by atoms with E-state index < -0.39 is 11.7 Å². The Balaban J connectivity index is 2.19. The van der Waals surface area contributed by atoms with Crippen LogP contribution in [-0.2, 0) is 6.18 Å². The Labute approximate surface area is 165 Å². The fourth-order valence-corrected chi connectivity index (χ4v) is 2.23. The van der Waals surface area contributed by atoms with Crippen LogP contribution in [0.25, 0.3) is 0 Å². The van der Waals surface area contributed by atoms with Crippen molar-refractivity contribution in [2.75, 3.05) is 6.61 Å². The molecule has 0 saturated heterocycles. The third-order valence-corrected chi connectivity index (χ3v) is 3.47. The molecule has 2 aromatic carbocycles. The zero-order valence-electron chi connectivity index (χ0n) is 14.5. The molecular formula is C19H17Cl2F3O3. The average molecular weight is 421 g/mol. The van der Waals surface area contributed by atoms with Crippen molar-refractivity contribution in [1.82, 2.24) is 0 Å². The smallest absolute Gasteiger partial charge is 0.420 e. The van der Waals surface area contributed by atoms with Gasteiger partial charge in [0.05, 0.1) is 6.10 Å². The van der Waals surface area contributed by atoms with Gasteiger partial charge in [0, 0.05) is 0 Å². The first-order valence-electron chi connectivity index (χ1n) is 7.95. The summed E-state index contributed by atoms with van der Waals surface area (Å²) in [6.45, 7) is 3.59. The van der Waals surface area contributed by atoms with E-state index in [0.29, 0.717) is 11.5 Å². The summed E-state index contributed by atoms with van der Waals surface area (Å²) in [5.41, 5.74) is -0.959. The predicted octanol–water partition coefficient (Wildman–Crippen LogP) is 6.98. The van der Waals surface area contributed by atoms with Crippen LogP contribution in [0.4, 0.5) is 13.2 Å². The Morgan fingerprint density at radius 2 is 1.59 bits per heavy atom. The van der Waals surface area contributed by atoms with Crippen molar-refractivity contribution in [1.29, 1.82) is 0 Å². The molecule has 2 aromatic rings. The molecular weight excluding hydrogens is 404 g/mol. The maximum Gasteiger partial charge on any atom is 0.420 e. The molecule has 0 heterocycles. The summed E-state index contributed by atoms with van der Waals surface area (Å²) < 4.78 is 55.9. The third-order valence-electron chi connectivity index (χ3n) is 3.16. The van der Waals surface area contributed by atoms with Gasteiger partial charge in [-0.05, 0) is 62.4 Å². The lowest BCUT2D eigenvalue weighted by atomic mass is 10.2. The van der Waals surface area contributed by atoms with Crippen molar-refractivity contribution in [2.45, 2.75) is 26.1 Å². The molecule has 0 unspecified atom stereocenters. The summed E-state index contributed by atoms with van der Waals surface area (Å²) >= 11 is 10.8. The Kier molecular flexibility index (Phi) is 7.27. The van der Waals surface area contributed by atoms with Crippen molar-refractivity contribution in [3.05, 3.63) is 58.6 Å². The van der Waals surface area contributed by atoms with E-state index in [0.717, 1.165) is 6.07 Å². The lowest BCUT2D eigenvalue weighted by Crippen LogP contribution is -2.09. The van der Waals surface area contributed by atoms with Gasteiger partial charge in [-0.1, -0.05) is 23.2 Å². The topological polar surface area (TPSA) is 27.7 Å². The van der Waals surface area contributed by atoms with Crippen molar-refractivity contribution in [2.24, 2.45) is 0 Å². The molecule has 0 saturated carbocycles. The second-order valence-corrected chi connectivity index (χ2v) is 6.71. The van der Waals surface area contributed by atoms with Crippen LogP contribution in [0.15, 0.2) is 53.0 Å². The minimum atomic E-state index is -4.61. The minimum absolute atomic E-state index is 0.0159. The number of alkyl halides is 3. The molecule has 0 amide bonds. The number of hydrogen-bond donors (Lipinski definition) is 0. The molecule has 2 rings (SSSR count). The summed E-state index contributed by atoms with van der Waals surface area (Å²) in [6, 6.07) is 10.0. The van der Waals surface area contributed by atoms with E-state index in [1.807, 2.05) is 13.8 Å². The molecule has 0 spiro atoms. The van der Waals surface area contributed by atoms with E-state index in [1.54, 1.807) is 24.3 Å². The summed E-state index contributed by atoms with van der Waals surface area (Å²) in [5, 5.41) is 0. The van der Waals surface area contributed by atoms with Gasteiger partial charge >= 0.3 is 6.18 Å². The highest BCUT2D eigenvalue weighted by Crippen LogP contribution is 2.39. The van der Waals surface area contributed by atoms with Gasteiger partial charge in [-0.25, -0.2) is 0 Å². The lowest BCUT2D eigenvalue weighted by molar-refractivity contribution is -0.138. The monoisotopic (exact) mass is 420 g/mol. The van der Waals surface area contributed by atoms with Gasteiger partial charge in [0.15, 0.2) is 0 Å². The zero-order chi connectivity index (χ0) is 20.0. The largest absolute Gasteiger partial charge is 0.491 e. The molecule has 27 heavy (non-hydrogen) atoms. The van der Waals surface area contributed by atoms with Crippen LogP contribution in [-0.4, -0.2) is 12.7 Å². The highest BCUT2D eigenvalue weighted by atomic mass is 35.5. The van der Waals surface area contributed by atoms with Crippen LogP contribution in [0.1, 0.15) is 19.4 Å². The summed E-state index contributed by atoms with van der Waals surface area (Å²) in [4.78, 5) is 0. The van der Waals surface area contributed by atoms with E-state index in [9.17, 15) is 13.2 Å². The number of halogens is 5. The molecule has 0 aromatic heterocycles. The second kappa shape index (κ2) is 9.24. The van der Waals surface area contributed by atoms with Crippen molar-refractivity contribution in [3.63, 3.8) is 0 Å². The molecule has 0 bridgehead atoms. The maximum absolute atomic E-state index is 13.3. The van der Waals surface area contributed by atoms with E-state index in [2.05, 4.69) is 0 Å². The van der Waals surface area contributed by atoms with Crippen LogP contribution in [0.3, 0.4) is 0 Å². The van der Waals surface area contributed by atoms with E-state index in [1.165, 1.54) is 18.2 Å². The molecule has 0 N–H and O–H groups in total. The molecule has 0 aliphatic rings. The minimum Gasteiger partial charge on any atom is -0.491 e. The van der Waals surface area contributed by atoms with Crippen molar-refractivity contribution in [3.8, 4) is 23.0 Å². The van der Waals surface area contributed by atoms with Gasteiger partial charge in [0.2, 0.25) is 0 Å². The normalized spacial score (nSPS) is 11.3. The van der Waals surface area contributed by atoms with E-state index in [4.69, 9.17) is 37.4 Å². The standard InChI is InChI=1S/C19H17Cl2F3O3/c1-12(2)26-13-3-5-14(6-4-13)27-15-7-8-17(25-10-9-18(20)21)16(11-15)19(22,23)24/h3-9,11-12H,10H2,1-2H3. The second-order valence-electron chi connectivity index (χ2n) is 5.70. The first-order valence-corrected chi connectivity index (χ1v) is 8.70. The SMILES string of the molecule is CC(C)Oc1ccc(Oc2ccc(OCC=C(Cl)Cl)c(C(F)(F)F)c2)cc1. The number of ether oxygens (including phenoxy) is 3. The summed E-state index contributed by atoms with van der Waals surface area (Å²) in [5.74, 6) is 0.701. The summed E-state index contributed by atoms with van der Waals surface area (Å²) in [6.07, 6.45) is -3.35. The van der Waals surface area contributed by atoms with Crippen molar-refractivity contribution < 1.29 is 27.4 Å². The third kappa shape index (κ3) is 6.88. The first kappa shape index (κ1) is 21.3. The molecule has 0 aliphatic heterocycles. The van der Waals surface area contributed by atoms with Gasteiger partial charge < -0.3 is 14.2 Å². The van der Waals surface area contributed by atoms with Crippen LogP contribution < -0.4 is 14.2 Å². The quantitative estimate of drug-likeness (QED) is 0.483. The Morgan fingerprint density at radius 1 is 1.00 bits per heavy atom. The number of rotatable bonds is 7. The molecule has 0 fully saturated rings. The molecule has 146 valence electrons. The Morgan fingerprint density at radius 3 is 2.15 bits per heavy atom. The van der Waals surface area contributed by atoms with Crippen LogP contribution in [0.2, 0.25) is 0 Å². The molecule has 0 radical (unpaired) electrons. The predicted molar refractivity (Wildman–Crippen MR) is 99.0 cm³/mol. The zero-order valence-corrected chi connectivity index (χ0v) is 16.0. The molecule has 3 nitrogen and oxygen atoms in total. The molecule has 0 aliphatic carbocycles. The molecule has 0 atom stereocenters. The van der Waals surface area contributed by atoms with E-state index >= 15 is 0 Å². The fraction of sp³-hybridized carbons (Fsp3) is 0.263. The van der Waals surface area contributed by atoms with Crippen LogP contribution in [0.5, 0.6) is 23.0 Å². The van der Waals surface area contributed by atoms with Gasteiger partial charge in [-0.15, -0.1) is 0 Å². The van der Waals surface area contributed by atoms with Gasteiger partial charge in [-0.2, -0.15) is 13.2 Å². The lowest BCUT2D eigenvalue weighted by Gasteiger charge is -2.15. The van der Waals surface area contributed by atoms with Crippen molar-refractivity contribution >= 4 is 23.2 Å². The van der Waals surface area contributed by atoms with E-state index in [-0.39, 0.29) is 28.7 Å². The highest BCUT2D eigenvalue weighted by Gasteiger charge is 2.35. The first-order chi connectivity index (χ1) is 12.6. The Bertz CT molecular complexity index is 784. The van der Waals surface area contributed by atoms with Crippen LogP contribution >= 0.6 is 23.2 Å². The summed E-state index contributed by atoms with van der Waals surface area (Å²) in [7, 11) is 0. The van der Waals surface area contributed by atoms with Gasteiger partial charge in [0.1, 0.15) is 39.7 Å². The molecule has 8 heteroatoms. The number of benzene rings is 2. The van der Waals surface area contributed by atoms with Gasteiger partial charge in [0.25, 0.3) is 0 Å². The highest BCUT2D eigenvalue weighted by molar-refractivity contribution is 6.55. The van der Waals surface area contributed by atoms with Gasteiger partial charge in [-0.3, -0.25) is 0 Å². The van der Waals surface area contributed by atoms with Crippen LogP contribution in [0, 0.1) is 0 Å². The fourth-order valence-electron chi connectivity index (χ4n) is 2.11.